The highest BCUT2D eigenvalue weighted by Crippen LogP contribution is 2.17. The zero-order chi connectivity index (χ0) is 15.3. The number of hydrogen-bond donors (Lipinski definition) is 2. The van der Waals surface area contributed by atoms with Gasteiger partial charge in [-0.2, -0.15) is 13.2 Å². The van der Waals surface area contributed by atoms with Gasteiger partial charge in [-0.25, -0.2) is 9.59 Å². The Balaban J connectivity index is 0.000000246. The fourth-order valence-electron chi connectivity index (χ4n) is 1.41. The van der Waals surface area contributed by atoms with Crippen LogP contribution in [0.4, 0.5) is 13.2 Å². The van der Waals surface area contributed by atoms with Gasteiger partial charge in [0.2, 0.25) is 0 Å². The first-order chi connectivity index (χ1) is 9.23. The second kappa shape index (κ2) is 6.05. The van der Waals surface area contributed by atoms with Crippen LogP contribution in [0, 0.1) is 0 Å². The van der Waals surface area contributed by atoms with Crippen molar-refractivity contribution in [2.45, 2.75) is 6.18 Å². The molecule has 4 nitrogen and oxygen atoms in total. The van der Waals surface area contributed by atoms with Gasteiger partial charge in [0.25, 0.3) is 0 Å². The molecule has 0 saturated carbocycles. The van der Waals surface area contributed by atoms with E-state index in [4.69, 9.17) is 15.0 Å². The van der Waals surface area contributed by atoms with Crippen molar-refractivity contribution >= 4 is 22.7 Å². The van der Waals surface area contributed by atoms with Crippen LogP contribution in [0.1, 0.15) is 10.4 Å². The lowest BCUT2D eigenvalue weighted by atomic mass is 10.1. The van der Waals surface area contributed by atoms with Crippen molar-refractivity contribution in [1.29, 1.82) is 0 Å². The van der Waals surface area contributed by atoms with Gasteiger partial charge in [-0.1, -0.05) is 36.4 Å². The fraction of sp³-hybridized carbons (Fsp3) is 0.0769. The van der Waals surface area contributed by atoms with Crippen LogP contribution in [0.15, 0.2) is 42.5 Å². The zero-order valence-corrected chi connectivity index (χ0v) is 9.89. The van der Waals surface area contributed by atoms with Crippen LogP contribution in [-0.2, 0) is 4.79 Å². The van der Waals surface area contributed by atoms with Crippen LogP contribution in [-0.4, -0.2) is 28.3 Å². The average molecular weight is 286 g/mol. The molecule has 0 aromatic heterocycles. The van der Waals surface area contributed by atoms with Crippen molar-refractivity contribution in [3.63, 3.8) is 0 Å². The largest absolute Gasteiger partial charge is 0.490 e. The van der Waals surface area contributed by atoms with Gasteiger partial charge in [-0.05, 0) is 16.8 Å². The molecule has 0 atom stereocenters. The second-order valence-electron chi connectivity index (χ2n) is 3.63. The summed E-state index contributed by atoms with van der Waals surface area (Å²) in [7, 11) is 0. The van der Waals surface area contributed by atoms with E-state index in [1.165, 1.54) is 0 Å². The van der Waals surface area contributed by atoms with Gasteiger partial charge in [0.1, 0.15) is 0 Å². The van der Waals surface area contributed by atoms with E-state index in [-0.39, 0.29) is 0 Å². The molecule has 0 radical (unpaired) electrons. The van der Waals surface area contributed by atoms with Crippen molar-refractivity contribution in [3.8, 4) is 0 Å². The van der Waals surface area contributed by atoms with Crippen LogP contribution >= 0.6 is 0 Å². The number of carboxylic acid groups (broad SMARTS) is 2. The normalized spacial score (nSPS) is 10.6. The summed E-state index contributed by atoms with van der Waals surface area (Å²) in [6.07, 6.45) is -5.08. The minimum atomic E-state index is -5.08. The first-order valence-corrected chi connectivity index (χ1v) is 5.24. The first kappa shape index (κ1) is 15.5. The summed E-state index contributed by atoms with van der Waals surface area (Å²) in [5.74, 6) is -3.63. The van der Waals surface area contributed by atoms with Crippen LogP contribution in [0.2, 0.25) is 0 Å². The lowest BCUT2D eigenvalue weighted by molar-refractivity contribution is -0.192. The number of alkyl halides is 3. The van der Waals surface area contributed by atoms with E-state index in [0.29, 0.717) is 5.56 Å². The molecule has 2 rings (SSSR count). The van der Waals surface area contributed by atoms with Crippen molar-refractivity contribution in [1.82, 2.24) is 0 Å². The van der Waals surface area contributed by atoms with E-state index in [1.807, 2.05) is 30.3 Å². The number of carboxylic acids is 2. The van der Waals surface area contributed by atoms with Crippen molar-refractivity contribution in [2.24, 2.45) is 0 Å². The van der Waals surface area contributed by atoms with E-state index in [0.717, 1.165) is 10.8 Å². The third-order valence-electron chi connectivity index (χ3n) is 2.26. The molecular formula is C13H9F3O4. The highest BCUT2D eigenvalue weighted by Gasteiger charge is 2.38. The van der Waals surface area contributed by atoms with E-state index in [2.05, 4.69) is 0 Å². The quantitative estimate of drug-likeness (QED) is 0.844. The lowest BCUT2D eigenvalue weighted by Crippen LogP contribution is -2.21. The van der Waals surface area contributed by atoms with Gasteiger partial charge in [0.05, 0.1) is 5.56 Å². The molecule has 2 N–H and O–H groups in total. The zero-order valence-electron chi connectivity index (χ0n) is 9.89. The Morgan fingerprint density at radius 2 is 1.40 bits per heavy atom. The average Bonchev–Trinajstić information content (AvgIpc) is 2.37. The van der Waals surface area contributed by atoms with Gasteiger partial charge < -0.3 is 10.2 Å². The molecule has 2 aromatic carbocycles. The topological polar surface area (TPSA) is 74.6 Å². The summed E-state index contributed by atoms with van der Waals surface area (Å²) in [5, 5.41) is 17.8. The van der Waals surface area contributed by atoms with Crippen LogP contribution < -0.4 is 0 Å². The number of hydrogen-bond acceptors (Lipinski definition) is 2. The van der Waals surface area contributed by atoms with Gasteiger partial charge in [-0.3, -0.25) is 0 Å². The van der Waals surface area contributed by atoms with Gasteiger partial charge >= 0.3 is 18.1 Å². The molecule has 0 aliphatic rings. The molecule has 106 valence electrons. The predicted octanol–water partition coefficient (Wildman–Crippen LogP) is 3.17. The number of aliphatic carboxylic acids is 1. The highest BCUT2D eigenvalue weighted by molar-refractivity contribution is 6.03. The molecule has 0 aliphatic heterocycles. The van der Waals surface area contributed by atoms with Gasteiger partial charge in [0, 0.05) is 0 Å². The summed E-state index contributed by atoms with van der Waals surface area (Å²) in [6.45, 7) is 0. The van der Waals surface area contributed by atoms with Crippen molar-refractivity contribution in [2.75, 3.05) is 0 Å². The molecule has 20 heavy (non-hydrogen) atoms. The summed E-state index contributed by atoms with van der Waals surface area (Å²) < 4.78 is 31.7. The van der Waals surface area contributed by atoms with Crippen LogP contribution in [0.5, 0.6) is 0 Å². The van der Waals surface area contributed by atoms with Crippen LogP contribution in [0.3, 0.4) is 0 Å². The maximum Gasteiger partial charge on any atom is 0.490 e. The highest BCUT2D eigenvalue weighted by atomic mass is 19.4. The van der Waals surface area contributed by atoms with Gasteiger partial charge in [-0.15, -0.1) is 0 Å². The molecule has 0 amide bonds. The number of rotatable bonds is 1. The minimum Gasteiger partial charge on any atom is -0.478 e. The Bertz CT molecular complexity index is 630. The molecular weight excluding hydrogens is 277 g/mol. The minimum absolute atomic E-state index is 0.359. The summed E-state index contributed by atoms with van der Waals surface area (Å²) >= 11 is 0. The number of fused-ring (bicyclic) bond motifs is 1. The first-order valence-electron chi connectivity index (χ1n) is 5.24. The maximum absolute atomic E-state index is 10.8. The summed E-state index contributed by atoms with van der Waals surface area (Å²) in [5.41, 5.74) is 0.359. The monoisotopic (exact) mass is 286 g/mol. The standard InChI is InChI=1S/C11H8O2.C2HF3O2/c12-11(13)10-7-3-5-8-4-1-2-6-9(8)10;3-2(4,5)1(6)7/h1-7H,(H,12,13);(H,6,7). The lowest BCUT2D eigenvalue weighted by Gasteiger charge is -2.00. The predicted molar refractivity (Wildman–Crippen MR) is 64.6 cm³/mol. The molecule has 0 bridgehead atoms. The third kappa shape index (κ3) is 3.98. The molecule has 0 aliphatic carbocycles. The van der Waals surface area contributed by atoms with E-state index in [9.17, 15) is 18.0 Å². The number of halogens is 3. The molecule has 0 unspecified atom stereocenters. The smallest absolute Gasteiger partial charge is 0.478 e. The Labute approximate surface area is 111 Å². The van der Waals surface area contributed by atoms with Gasteiger partial charge in [0.15, 0.2) is 0 Å². The Morgan fingerprint density at radius 1 is 0.900 bits per heavy atom. The number of benzene rings is 2. The summed E-state index contributed by atoms with van der Waals surface area (Å²) in [4.78, 5) is 19.7. The third-order valence-corrected chi connectivity index (χ3v) is 2.26. The number of aromatic carboxylic acids is 1. The summed E-state index contributed by atoms with van der Waals surface area (Å²) in [6, 6.07) is 12.7. The second-order valence-corrected chi connectivity index (χ2v) is 3.63. The number of carbonyl (C=O) groups is 2. The van der Waals surface area contributed by atoms with Crippen LogP contribution in [0.25, 0.3) is 10.8 Å². The van der Waals surface area contributed by atoms with Crippen molar-refractivity contribution in [3.05, 3.63) is 48.0 Å². The molecule has 0 spiro atoms. The Morgan fingerprint density at radius 3 is 1.90 bits per heavy atom. The fourth-order valence-corrected chi connectivity index (χ4v) is 1.41. The maximum atomic E-state index is 10.8. The van der Waals surface area contributed by atoms with Crippen molar-refractivity contribution < 1.29 is 33.0 Å². The molecule has 2 aromatic rings. The SMILES string of the molecule is O=C(O)C(F)(F)F.O=C(O)c1cccc2ccccc12. The van der Waals surface area contributed by atoms with E-state index >= 15 is 0 Å². The Hall–Kier alpha value is -2.57. The Kier molecular flexibility index (Phi) is 4.68. The molecule has 7 heteroatoms. The molecule has 0 fully saturated rings. The van der Waals surface area contributed by atoms with E-state index in [1.54, 1.807) is 12.1 Å². The molecule has 0 heterocycles. The molecule has 0 saturated heterocycles. The van der Waals surface area contributed by atoms with E-state index < -0.39 is 18.1 Å².